The van der Waals surface area contributed by atoms with Crippen molar-refractivity contribution in [1.29, 1.82) is 0 Å². The van der Waals surface area contributed by atoms with E-state index < -0.39 is 0 Å². The second kappa shape index (κ2) is 6.45. The van der Waals surface area contributed by atoms with Crippen molar-refractivity contribution >= 4 is 11.6 Å². The van der Waals surface area contributed by atoms with Crippen molar-refractivity contribution in [1.82, 2.24) is 0 Å². The maximum atomic E-state index is 5.94. The van der Waals surface area contributed by atoms with Gasteiger partial charge in [-0.25, -0.2) is 0 Å². The molecule has 0 radical (unpaired) electrons. The second-order valence-electron chi connectivity index (χ2n) is 6.08. The van der Waals surface area contributed by atoms with Crippen molar-refractivity contribution in [3.8, 4) is 0 Å². The second-order valence-corrected chi connectivity index (χ2v) is 6.51. The highest BCUT2D eigenvalue weighted by Crippen LogP contribution is 2.28. The molecule has 0 atom stereocenters. The van der Waals surface area contributed by atoms with Crippen LogP contribution in [0.5, 0.6) is 0 Å². The van der Waals surface area contributed by atoms with Gasteiger partial charge in [0.15, 0.2) is 0 Å². The van der Waals surface area contributed by atoms with Gasteiger partial charge < -0.3 is 0 Å². The molecule has 0 bridgehead atoms. The predicted molar refractivity (Wildman–Crippen MR) is 88.9 cm³/mol. The molecule has 0 aliphatic heterocycles. The van der Waals surface area contributed by atoms with Crippen LogP contribution in [0, 0.1) is 0 Å². The van der Waals surface area contributed by atoms with Crippen molar-refractivity contribution in [3.05, 3.63) is 69.7 Å². The number of halogens is 1. The number of rotatable bonds is 4. The lowest BCUT2D eigenvalue weighted by molar-refractivity contribution is 0.787. The van der Waals surface area contributed by atoms with E-state index in [9.17, 15) is 0 Å². The minimum atomic E-state index is 0.567. The first-order valence-electron chi connectivity index (χ1n) is 7.34. The van der Waals surface area contributed by atoms with Crippen LogP contribution in [0.1, 0.15) is 61.8 Å². The quantitative estimate of drug-likeness (QED) is 0.630. The zero-order valence-electron chi connectivity index (χ0n) is 12.8. The van der Waals surface area contributed by atoms with Crippen molar-refractivity contribution in [2.24, 2.45) is 0 Å². The highest BCUT2D eigenvalue weighted by molar-refractivity contribution is 6.30. The molecule has 0 amide bonds. The molecule has 0 heterocycles. The van der Waals surface area contributed by atoms with E-state index in [0.29, 0.717) is 11.8 Å². The smallest absolute Gasteiger partial charge is 0.0406 e. The van der Waals surface area contributed by atoms with Gasteiger partial charge in [0.1, 0.15) is 0 Å². The van der Waals surface area contributed by atoms with Crippen LogP contribution < -0.4 is 0 Å². The van der Waals surface area contributed by atoms with Gasteiger partial charge in [0.05, 0.1) is 0 Å². The average molecular weight is 287 g/mol. The van der Waals surface area contributed by atoms with E-state index in [2.05, 4.69) is 58.0 Å². The normalized spacial score (nSPS) is 11.3. The van der Waals surface area contributed by atoms with Crippen LogP contribution in [0.15, 0.2) is 42.5 Å². The fourth-order valence-electron chi connectivity index (χ4n) is 2.60. The fourth-order valence-corrected chi connectivity index (χ4v) is 2.72. The van der Waals surface area contributed by atoms with Gasteiger partial charge >= 0.3 is 0 Å². The van der Waals surface area contributed by atoms with E-state index >= 15 is 0 Å². The third-order valence-electron chi connectivity index (χ3n) is 3.72. The molecule has 2 rings (SSSR count). The Kier molecular flexibility index (Phi) is 4.88. The molecule has 0 aromatic heterocycles. The first kappa shape index (κ1) is 15.1. The molecular weight excluding hydrogens is 264 g/mol. The Hall–Kier alpha value is -1.27. The molecule has 0 saturated heterocycles. The molecule has 0 aliphatic rings. The van der Waals surface area contributed by atoms with Crippen LogP contribution in [0.25, 0.3) is 0 Å². The Bertz CT molecular complexity index is 565. The summed E-state index contributed by atoms with van der Waals surface area (Å²) < 4.78 is 0. The molecule has 0 spiro atoms. The zero-order chi connectivity index (χ0) is 14.7. The van der Waals surface area contributed by atoms with Crippen molar-refractivity contribution in [3.63, 3.8) is 0 Å². The van der Waals surface area contributed by atoms with Crippen molar-refractivity contribution < 1.29 is 0 Å². The minimum absolute atomic E-state index is 0.567. The molecule has 2 aromatic rings. The molecule has 0 fully saturated rings. The Morgan fingerprint density at radius 1 is 0.750 bits per heavy atom. The van der Waals surface area contributed by atoms with Crippen LogP contribution in [0.2, 0.25) is 5.02 Å². The molecule has 106 valence electrons. The Morgan fingerprint density at radius 3 is 1.85 bits per heavy atom. The van der Waals surface area contributed by atoms with E-state index in [1.807, 2.05) is 12.1 Å². The Balaban J connectivity index is 2.29. The monoisotopic (exact) mass is 286 g/mol. The highest BCUT2D eigenvalue weighted by atomic mass is 35.5. The largest absolute Gasteiger partial charge is 0.0843 e. The highest BCUT2D eigenvalue weighted by Gasteiger charge is 2.10. The summed E-state index contributed by atoms with van der Waals surface area (Å²) in [6, 6.07) is 15.1. The van der Waals surface area contributed by atoms with E-state index in [1.54, 1.807) is 0 Å². The van der Waals surface area contributed by atoms with Crippen molar-refractivity contribution in [2.45, 2.75) is 46.0 Å². The van der Waals surface area contributed by atoms with Gasteiger partial charge in [0.25, 0.3) is 0 Å². The fraction of sp³-hybridized carbons (Fsp3) is 0.368. The summed E-state index contributed by atoms with van der Waals surface area (Å²) in [5, 5.41) is 0.798. The average Bonchev–Trinajstić information content (AvgIpc) is 2.41. The van der Waals surface area contributed by atoms with E-state index in [0.717, 1.165) is 11.4 Å². The predicted octanol–water partition coefficient (Wildman–Crippen LogP) is 6.18. The third-order valence-corrected chi connectivity index (χ3v) is 3.97. The molecule has 1 heteroatoms. The van der Waals surface area contributed by atoms with E-state index in [1.165, 1.54) is 22.3 Å². The lowest BCUT2D eigenvalue weighted by Crippen LogP contribution is -2.00. The molecular formula is C19H23Cl. The van der Waals surface area contributed by atoms with Gasteiger partial charge in [-0.1, -0.05) is 69.6 Å². The molecule has 0 aliphatic carbocycles. The number of hydrogen-bond acceptors (Lipinski definition) is 0. The number of hydrogen-bond donors (Lipinski definition) is 0. The molecule has 20 heavy (non-hydrogen) atoms. The summed E-state index contributed by atoms with van der Waals surface area (Å²) in [5.41, 5.74) is 5.63. The Labute approximate surface area is 127 Å². The molecule has 0 unspecified atom stereocenters. The first-order chi connectivity index (χ1) is 9.47. The summed E-state index contributed by atoms with van der Waals surface area (Å²) in [7, 11) is 0. The van der Waals surface area contributed by atoms with Gasteiger partial charge in [-0.2, -0.15) is 0 Å². The van der Waals surface area contributed by atoms with Gasteiger partial charge in [-0.05, 0) is 52.6 Å². The summed E-state index contributed by atoms with van der Waals surface area (Å²) >= 11 is 5.94. The molecule has 0 N–H and O–H groups in total. The minimum Gasteiger partial charge on any atom is -0.0843 e. The zero-order valence-corrected chi connectivity index (χ0v) is 13.5. The standard InChI is InChI=1S/C19H23Cl/c1-13(2)18-10-7-16(12-19(18)14(3)4)11-15-5-8-17(20)9-6-15/h5-10,12-14H,11H2,1-4H3. The van der Waals surface area contributed by atoms with Crippen LogP contribution >= 0.6 is 11.6 Å². The van der Waals surface area contributed by atoms with Crippen LogP contribution in [-0.2, 0) is 6.42 Å². The van der Waals surface area contributed by atoms with Crippen LogP contribution in [0.3, 0.4) is 0 Å². The van der Waals surface area contributed by atoms with Crippen LogP contribution in [0.4, 0.5) is 0 Å². The summed E-state index contributed by atoms with van der Waals surface area (Å²) in [4.78, 5) is 0. The van der Waals surface area contributed by atoms with Gasteiger partial charge in [-0.3, -0.25) is 0 Å². The lowest BCUT2D eigenvalue weighted by atomic mass is 9.88. The lowest BCUT2D eigenvalue weighted by Gasteiger charge is -2.17. The van der Waals surface area contributed by atoms with E-state index in [4.69, 9.17) is 11.6 Å². The molecule has 0 nitrogen and oxygen atoms in total. The molecule has 2 aromatic carbocycles. The summed E-state index contributed by atoms with van der Waals surface area (Å²) in [6.45, 7) is 9.07. The summed E-state index contributed by atoms with van der Waals surface area (Å²) in [5.74, 6) is 1.15. The van der Waals surface area contributed by atoms with Crippen molar-refractivity contribution in [2.75, 3.05) is 0 Å². The number of benzene rings is 2. The first-order valence-corrected chi connectivity index (χ1v) is 7.72. The SMILES string of the molecule is CC(C)c1ccc(Cc2ccc(Cl)cc2)cc1C(C)C. The Morgan fingerprint density at radius 2 is 1.30 bits per heavy atom. The topological polar surface area (TPSA) is 0 Å². The summed E-state index contributed by atoms with van der Waals surface area (Å²) in [6.07, 6.45) is 0.968. The van der Waals surface area contributed by atoms with E-state index in [-0.39, 0.29) is 0 Å². The van der Waals surface area contributed by atoms with Crippen LogP contribution in [-0.4, -0.2) is 0 Å². The molecule has 0 saturated carbocycles. The van der Waals surface area contributed by atoms with Gasteiger partial charge in [-0.15, -0.1) is 0 Å². The van der Waals surface area contributed by atoms with Gasteiger partial charge in [0, 0.05) is 5.02 Å². The van der Waals surface area contributed by atoms with Gasteiger partial charge in [0.2, 0.25) is 0 Å². The maximum Gasteiger partial charge on any atom is 0.0406 e. The third kappa shape index (κ3) is 3.64. The maximum absolute atomic E-state index is 5.94.